The van der Waals surface area contributed by atoms with Crippen LogP contribution in [0.5, 0.6) is 0 Å². The van der Waals surface area contributed by atoms with E-state index in [1.165, 1.54) is 44.4 Å². The average Bonchev–Trinajstić information content (AvgIpc) is 2.55. The molecule has 6 heteroatoms. The number of carbonyl (C=O) groups excluding carboxylic acids is 1. The Hall–Kier alpha value is -1.43. The molecule has 1 aromatic carbocycles. The van der Waals surface area contributed by atoms with Gasteiger partial charge in [-0.1, -0.05) is 37.5 Å². The molecule has 1 aliphatic rings. The number of hydrogen-bond donors (Lipinski definition) is 1. The number of carbonyl (C=O) groups is 1. The van der Waals surface area contributed by atoms with Gasteiger partial charge in [0.05, 0.1) is 5.75 Å². The van der Waals surface area contributed by atoms with Gasteiger partial charge in [-0.25, -0.2) is 12.8 Å². The van der Waals surface area contributed by atoms with Crippen LogP contribution in [-0.4, -0.2) is 26.1 Å². The second-order valence-corrected chi connectivity index (χ2v) is 8.61. The Morgan fingerprint density at radius 1 is 1.26 bits per heavy atom. The van der Waals surface area contributed by atoms with Gasteiger partial charge in [0.1, 0.15) is 11.1 Å². The Labute approximate surface area is 137 Å². The van der Waals surface area contributed by atoms with Crippen molar-refractivity contribution in [1.29, 1.82) is 0 Å². The maximum atomic E-state index is 13.6. The summed E-state index contributed by atoms with van der Waals surface area (Å²) < 4.78 is 38.2. The first-order valence-corrected chi connectivity index (χ1v) is 9.84. The number of halogens is 1. The molecule has 0 saturated heterocycles. The number of rotatable bonds is 6. The van der Waals surface area contributed by atoms with E-state index in [1.54, 1.807) is 6.07 Å². The first-order valence-electron chi connectivity index (χ1n) is 8.13. The summed E-state index contributed by atoms with van der Waals surface area (Å²) in [6, 6.07) is 5.74. The topological polar surface area (TPSA) is 63.2 Å². The van der Waals surface area contributed by atoms with E-state index in [1.807, 2.05) is 0 Å². The molecular weight excluding hydrogens is 317 g/mol. The van der Waals surface area contributed by atoms with Crippen LogP contribution < -0.4 is 5.32 Å². The minimum absolute atomic E-state index is 0.0967. The maximum Gasteiger partial charge on any atom is 0.238 e. The molecule has 1 aromatic rings. The Morgan fingerprint density at radius 3 is 2.57 bits per heavy atom. The van der Waals surface area contributed by atoms with Gasteiger partial charge in [0.25, 0.3) is 0 Å². The van der Waals surface area contributed by atoms with Crippen LogP contribution in [0.3, 0.4) is 0 Å². The lowest BCUT2D eigenvalue weighted by atomic mass is 9.89. The highest BCUT2D eigenvalue weighted by Gasteiger charge is 2.29. The Morgan fingerprint density at radius 2 is 1.91 bits per heavy atom. The molecule has 0 bridgehead atoms. The molecule has 0 radical (unpaired) electrons. The van der Waals surface area contributed by atoms with Crippen molar-refractivity contribution in [3.63, 3.8) is 0 Å². The fourth-order valence-electron chi connectivity index (χ4n) is 2.90. The third-order valence-electron chi connectivity index (χ3n) is 4.51. The lowest BCUT2D eigenvalue weighted by molar-refractivity contribution is -0.120. The van der Waals surface area contributed by atoms with Crippen molar-refractivity contribution in [2.75, 3.05) is 6.54 Å². The van der Waals surface area contributed by atoms with E-state index in [9.17, 15) is 17.6 Å². The van der Waals surface area contributed by atoms with Crippen molar-refractivity contribution in [2.45, 2.75) is 50.0 Å². The number of sulfone groups is 1. The Kier molecular flexibility index (Phi) is 6.16. The number of amides is 1. The SMILES string of the molecule is C[C@@H](C(=O)NCC1CCCCC1)S(=O)(=O)Cc1ccccc1F. The summed E-state index contributed by atoms with van der Waals surface area (Å²) in [7, 11) is -3.74. The molecule has 0 heterocycles. The van der Waals surface area contributed by atoms with Gasteiger partial charge in [0.2, 0.25) is 5.91 Å². The van der Waals surface area contributed by atoms with Gasteiger partial charge in [-0.05, 0) is 31.7 Å². The van der Waals surface area contributed by atoms with E-state index >= 15 is 0 Å². The summed E-state index contributed by atoms with van der Waals surface area (Å²) >= 11 is 0. The third kappa shape index (κ3) is 5.03. The van der Waals surface area contributed by atoms with Crippen molar-refractivity contribution in [3.05, 3.63) is 35.6 Å². The molecule has 1 fully saturated rings. The number of benzene rings is 1. The number of hydrogen-bond acceptors (Lipinski definition) is 3. The summed E-state index contributed by atoms with van der Waals surface area (Å²) in [5, 5.41) is 1.57. The zero-order chi connectivity index (χ0) is 16.9. The fourth-order valence-corrected chi connectivity index (χ4v) is 4.23. The molecule has 23 heavy (non-hydrogen) atoms. The highest BCUT2D eigenvalue weighted by Crippen LogP contribution is 2.23. The van der Waals surface area contributed by atoms with Crippen LogP contribution in [0.2, 0.25) is 0 Å². The van der Waals surface area contributed by atoms with Gasteiger partial charge in [-0.3, -0.25) is 4.79 Å². The highest BCUT2D eigenvalue weighted by atomic mass is 32.2. The van der Waals surface area contributed by atoms with Crippen LogP contribution in [0.1, 0.15) is 44.6 Å². The second kappa shape index (κ2) is 7.90. The fraction of sp³-hybridized carbons (Fsp3) is 0.588. The normalized spacial score (nSPS) is 17.7. The molecule has 0 aromatic heterocycles. The molecule has 1 aliphatic carbocycles. The van der Waals surface area contributed by atoms with Crippen molar-refractivity contribution in [1.82, 2.24) is 5.32 Å². The zero-order valence-corrected chi connectivity index (χ0v) is 14.2. The van der Waals surface area contributed by atoms with Crippen LogP contribution >= 0.6 is 0 Å². The van der Waals surface area contributed by atoms with Crippen LogP contribution in [0.25, 0.3) is 0 Å². The first-order chi connectivity index (χ1) is 10.9. The molecule has 1 amide bonds. The molecule has 0 spiro atoms. The second-order valence-electron chi connectivity index (χ2n) is 6.29. The smallest absolute Gasteiger partial charge is 0.238 e. The quantitative estimate of drug-likeness (QED) is 0.865. The van der Waals surface area contributed by atoms with Crippen molar-refractivity contribution in [3.8, 4) is 0 Å². The molecule has 128 valence electrons. The first kappa shape index (κ1) is 17.9. The molecule has 1 atom stereocenters. The molecular formula is C17H24FNO3S. The van der Waals surface area contributed by atoms with Crippen LogP contribution in [-0.2, 0) is 20.4 Å². The molecule has 2 rings (SSSR count). The summed E-state index contributed by atoms with van der Waals surface area (Å²) in [6.45, 7) is 1.89. The van der Waals surface area contributed by atoms with E-state index in [2.05, 4.69) is 5.32 Å². The van der Waals surface area contributed by atoms with Gasteiger partial charge < -0.3 is 5.32 Å². The monoisotopic (exact) mass is 341 g/mol. The standard InChI is InChI=1S/C17H24FNO3S/c1-13(17(20)19-11-14-7-3-2-4-8-14)23(21,22)12-15-9-5-6-10-16(15)18/h5-6,9-10,13-14H,2-4,7-8,11-12H2,1H3,(H,19,20)/t13-/m0/s1. The molecule has 0 unspecified atom stereocenters. The van der Waals surface area contributed by atoms with E-state index in [0.29, 0.717) is 12.5 Å². The van der Waals surface area contributed by atoms with E-state index < -0.39 is 32.6 Å². The largest absolute Gasteiger partial charge is 0.355 e. The summed E-state index contributed by atoms with van der Waals surface area (Å²) in [6.07, 6.45) is 5.73. The van der Waals surface area contributed by atoms with Gasteiger partial charge in [0, 0.05) is 12.1 Å². The average molecular weight is 341 g/mol. The van der Waals surface area contributed by atoms with Crippen molar-refractivity contribution in [2.24, 2.45) is 5.92 Å². The van der Waals surface area contributed by atoms with Gasteiger partial charge in [0.15, 0.2) is 9.84 Å². The van der Waals surface area contributed by atoms with E-state index in [0.717, 1.165) is 12.8 Å². The van der Waals surface area contributed by atoms with Crippen LogP contribution in [0.4, 0.5) is 4.39 Å². The van der Waals surface area contributed by atoms with Gasteiger partial charge >= 0.3 is 0 Å². The molecule has 1 N–H and O–H groups in total. The van der Waals surface area contributed by atoms with Crippen molar-refractivity contribution < 1.29 is 17.6 Å². The van der Waals surface area contributed by atoms with Gasteiger partial charge in [-0.15, -0.1) is 0 Å². The predicted octanol–water partition coefficient (Wildman–Crippen LogP) is 2.83. The predicted molar refractivity (Wildman–Crippen MR) is 88.1 cm³/mol. The lowest BCUT2D eigenvalue weighted by Crippen LogP contribution is -2.40. The molecule has 0 aliphatic heterocycles. The summed E-state index contributed by atoms with van der Waals surface area (Å²) in [5.74, 6) is -1.08. The maximum absolute atomic E-state index is 13.6. The van der Waals surface area contributed by atoms with E-state index in [4.69, 9.17) is 0 Å². The van der Waals surface area contributed by atoms with Crippen molar-refractivity contribution >= 4 is 15.7 Å². The summed E-state index contributed by atoms with van der Waals surface area (Å²) in [5.41, 5.74) is 0.0967. The molecule has 1 saturated carbocycles. The molecule has 4 nitrogen and oxygen atoms in total. The minimum Gasteiger partial charge on any atom is -0.355 e. The zero-order valence-electron chi connectivity index (χ0n) is 13.4. The Bertz CT molecular complexity index is 639. The highest BCUT2D eigenvalue weighted by molar-refractivity contribution is 7.92. The number of nitrogens with one attached hydrogen (secondary N) is 1. The third-order valence-corrected chi connectivity index (χ3v) is 6.52. The van der Waals surface area contributed by atoms with Gasteiger partial charge in [-0.2, -0.15) is 0 Å². The van der Waals surface area contributed by atoms with Crippen LogP contribution in [0.15, 0.2) is 24.3 Å². The summed E-state index contributed by atoms with van der Waals surface area (Å²) in [4.78, 5) is 12.1. The van der Waals surface area contributed by atoms with E-state index in [-0.39, 0.29) is 5.56 Å². The minimum atomic E-state index is -3.74. The van der Waals surface area contributed by atoms with Crippen LogP contribution in [0, 0.1) is 11.7 Å². The lowest BCUT2D eigenvalue weighted by Gasteiger charge is -2.22. The Balaban J connectivity index is 1.93.